The number of carbonyl (C=O) groups excluding carboxylic acids is 1. The minimum atomic E-state index is 0.0285. The minimum absolute atomic E-state index is 0.0285. The van der Waals surface area contributed by atoms with Crippen molar-refractivity contribution >= 4 is 35.1 Å². The van der Waals surface area contributed by atoms with Gasteiger partial charge in [-0.1, -0.05) is 32.0 Å². The van der Waals surface area contributed by atoms with Crippen molar-refractivity contribution in [2.45, 2.75) is 13.8 Å². The Hall–Kier alpha value is -1.07. The molecule has 0 aromatic heterocycles. The van der Waals surface area contributed by atoms with Gasteiger partial charge in [0.25, 0.3) is 5.91 Å². The van der Waals surface area contributed by atoms with E-state index in [2.05, 4.69) is 19.3 Å². The van der Waals surface area contributed by atoms with Gasteiger partial charge in [0, 0.05) is 0 Å². The van der Waals surface area contributed by atoms with Gasteiger partial charge in [-0.2, -0.15) is 0 Å². The lowest BCUT2D eigenvalue weighted by Crippen LogP contribution is -2.32. The molecule has 1 amide bonds. The van der Waals surface area contributed by atoms with Crippen LogP contribution >= 0.6 is 23.5 Å². The van der Waals surface area contributed by atoms with Gasteiger partial charge in [-0.15, -0.1) is 23.5 Å². The average Bonchev–Trinajstić information content (AvgIpc) is 2.82. The molecule has 5 heteroatoms. The van der Waals surface area contributed by atoms with Crippen LogP contribution in [0.5, 0.6) is 0 Å². The van der Waals surface area contributed by atoms with Gasteiger partial charge in [-0.05, 0) is 23.6 Å². The quantitative estimate of drug-likeness (QED) is 0.845. The number of carbonyl (C=O) groups is 1. The summed E-state index contributed by atoms with van der Waals surface area (Å²) in [5.41, 5.74) is 4.84. The molecule has 1 aliphatic rings. The molecular weight excluding hydrogens is 276 g/mol. The van der Waals surface area contributed by atoms with Crippen molar-refractivity contribution in [1.29, 1.82) is 0 Å². The van der Waals surface area contributed by atoms with Gasteiger partial charge in [-0.25, -0.2) is 0 Å². The maximum Gasteiger partial charge on any atom is 0.269 e. The van der Waals surface area contributed by atoms with Crippen LogP contribution in [-0.4, -0.2) is 24.0 Å². The smallest absolute Gasteiger partial charge is 0.269 e. The Morgan fingerprint density at radius 1 is 1.21 bits per heavy atom. The normalized spacial score (nSPS) is 14.7. The first-order chi connectivity index (χ1) is 9.26. The lowest BCUT2D eigenvalue weighted by atomic mass is 10.3. The van der Waals surface area contributed by atoms with Crippen molar-refractivity contribution in [1.82, 2.24) is 5.43 Å². The molecule has 2 rings (SSSR count). The highest BCUT2D eigenvalue weighted by atomic mass is 32.2. The van der Waals surface area contributed by atoms with Crippen molar-refractivity contribution in [3.63, 3.8) is 0 Å². The van der Waals surface area contributed by atoms with Gasteiger partial charge in [0.05, 0.1) is 22.0 Å². The summed E-state index contributed by atoms with van der Waals surface area (Å²) in [5, 5.41) is 1.91. The number of rotatable bonds is 5. The molecule has 1 N–H and O–H groups in total. The van der Waals surface area contributed by atoms with Crippen molar-refractivity contribution in [2.24, 2.45) is 0 Å². The molecule has 1 aliphatic heterocycles. The number of hydrogen-bond acceptors (Lipinski definition) is 4. The summed E-state index contributed by atoms with van der Waals surface area (Å²) in [5.74, 6) is 2.01. The molecule has 1 heterocycles. The number of nitrogens with zero attached hydrogens (tertiary/aromatic N) is 1. The fraction of sp³-hybridized carbons (Fsp3) is 0.357. The molecule has 0 atom stereocenters. The van der Waals surface area contributed by atoms with Crippen molar-refractivity contribution in [2.75, 3.05) is 23.1 Å². The van der Waals surface area contributed by atoms with E-state index >= 15 is 0 Å². The molecule has 3 nitrogen and oxygen atoms in total. The molecule has 0 radical (unpaired) electrons. The highest BCUT2D eigenvalue weighted by Crippen LogP contribution is 2.33. The average molecular weight is 294 g/mol. The van der Waals surface area contributed by atoms with E-state index in [0.717, 1.165) is 27.0 Å². The van der Waals surface area contributed by atoms with E-state index in [-0.39, 0.29) is 5.91 Å². The molecule has 102 valence electrons. The summed E-state index contributed by atoms with van der Waals surface area (Å²) in [7, 11) is 0. The molecule has 0 unspecified atom stereocenters. The van der Waals surface area contributed by atoms with E-state index in [1.54, 1.807) is 23.5 Å². The molecule has 1 aromatic rings. The van der Waals surface area contributed by atoms with Crippen LogP contribution in [0.2, 0.25) is 0 Å². The van der Waals surface area contributed by atoms with Crippen LogP contribution in [0.3, 0.4) is 0 Å². The van der Waals surface area contributed by atoms with Crippen molar-refractivity contribution < 1.29 is 4.79 Å². The molecular formula is C14H18N2OS2. The van der Waals surface area contributed by atoms with Crippen molar-refractivity contribution in [3.05, 3.63) is 40.1 Å². The number of benzene rings is 1. The zero-order valence-electron chi connectivity index (χ0n) is 11.2. The summed E-state index contributed by atoms with van der Waals surface area (Å²) in [6.07, 6.45) is 0. The molecule has 0 spiro atoms. The van der Waals surface area contributed by atoms with Crippen LogP contribution < -0.4 is 10.4 Å². The van der Waals surface area contributed by atoms with Crippen LogP contribution in [0.1, 0.15) is 13.8 Å². The topological polar surface area (TPSA) is 32.3 Å². The van der Waals surface area contributed by atoms with E-state index in [9.17, 15) is 4.79 Å². The predicted molar refractivity (Wildman–Crippen MR) is 85.2 cm³/mol. The zero-order chi connectivity index (χ0) is 13.7. The SMILES string of the molecule is CCSC(SCC)=C1CN(c2ccccc2)NC1=O. The molecule has 19 heavy (non-hydrogen) atoms. The number of anilines is 1. The second-order valence-electron chi connectivity index (χ2n) is 3.99. The molecule has 1 aromatic carbocycles. The largest absolute Gasteiger partial charge is 0.281 e. The third-order valence-electron chi connectivity index (χ3n) is 2.69. The fourth-order valence-corrected chi connectivity index (χ4v) is 4.09. The number of nitrogens with one attached hydrogen (secondary N) is 1. The van der Waals surface area contributed by atoms with Crippen LogP contribution in [-0.2, 0) is 4.79 Å². The van der Waals surface area contributed by atoms with Gasteiger partial charge in [0.1, 0.15) is 0 Å². The fourth-order valence-electron chi connectivity index (χ4n) is 1.86. The van der Waals surface area contributed by atoms with Crippen molar-refractivity contribution in [3.8, 4) is 0 Å². The summed E-state index contributed by atoms with van der Waals surface area (Å²) >= 11 is 3.51. The number of thioether (sulfide) groups is 2. The molecule has 0 aliphatic carbocycles. The van der Waals surface area contributed by atoms with Crippen LogP contribution in [0, 0.1) is 0 Å². The summed E-state index contributed by atoms with van der Waals surface area (Å²) in [6.45, 7) is 4.87. The summed E-state index contributed by atoms with van der Waals surface area (Å²) in [6, 6.07) is 9.94. The summed E-state index contributed by atoms with van der Waals surface area (Å²) < 4.78 is 1.15. The van der Waals surface area contributed by atoms with Gasteiger partial charge < -0.3 is 0 Å². The third-order valence-corrected chi connectivity index (χ3v) is 4.99. The first-order valence-electron chi connectivity index (χ1n) is 6.38. The maximum atomic E-state index is 12.1. The van der Waals surface area contributed by atoms with Crippen LogP contribution in [0.15, 0.2) is 40.1 Å². The van der Waals surface area contributed by atoms with E-state index in [4.69, 9.17) is 0 Å². The minimum Gasteiger partial charge on any atom is -0.281 e. The molecule has 0 saturated carbocycles. The number of amides is 1. The Morgan fingerprint density at radius 3 is 2.42 bits per heavy atom. The lowest BCUT2D eigenvalue weighted by Gasteiger charge is -2.16. The van der Waals surface area contributed by atoms with E-state index in [0.29, 0.717) is 6.54 Å². The number of hydrogen-bond donors (Lipinski definition) is 1. The van der Waals surface area contributed by atoms with Gasteiger partial charge >= 0.3 is 0 Å². The van der Waals surface area contributed by atoms with Gasteiger partial charge in [0.2, 0.25) is 0 Å². The summed E-state index contributed by atoms with van der Waals surface area (Å²) in [4.78, 5) is 12.1. The van der Waals surface area contributed by atoms with Crippen LogP contribution in [0.4, 0.5) is 5.69 Å². The first kappa shape index (κ1) is 14.3. The second kappa shape index (κ2) is 6.91. The Morgan fingerprint density at radius 2 is 1.84 bits per heavy atom. The molecule has 0 bridgehead atoms. The van der Waals surface area contributed by atoms with E-state index in [1.807, 2.05) is 35.3 Å². The molecule has 1 saturated heterocycles. The molecule has 1 fully saturated rings. The number of hydrazine groups is 1. The maximum absolute atomic E-state index is 12.1. The Labute approximate surface area is 122 Å². The monoisotopic (exact) mass is 294 g/mol. The third kappa shape index (κ3) is 3.48. The number of para-hydroxylation sites is 1. The Balaban J connectivity index is 2.20. The van der Waals surface area contributed by atoms with Gasteiger partial charge in [0.15, 0.2) is 0 Å². The second-order valence-corrected chi connectivity index (χ2v) is 6.80. The first-order valence-corrected chi connectivity index (χ1v) is 8.35. The lowest BCUT2D eigenvalue weighted by molar-refractivity contribution is -0.116. The highest BCUT2D eigenvalue weighted by Gasteiger charge is 2.27. The van der Waals surface area contributed by atoms with E-state index < -0.39 is 0 Å². The highest BCUT2D eigenvalue weighted by molar-refractivity contribution is 8.22. The standard InChI is InChI=1S/C14H18N2OS2/c1-3-18-14(19-4-2)12-10-16(15-13(12)17)11-8-6-5-7-9-11/h5-9H,3-4,10H2,1-2H3,(H,15,17). The Kier molecular flexibility index (Phi) is 5.22. The predicted octanol–water partition coefficient (Wildman–Crippen LogP) is 3.26. The van der Waals surface area contributed by atoms with E-state index in [1.165, 1.54) is 0 Å². The zero-order valence-corrected chi connectivity index (χ0v) is 12.8. The van der Waals surface area contributed by atoms with Gasteiger partial charge in [-0.3, -0.25) is 15.2 Å². The van der Waals surface area contributed by atoms with Crippen LogP contribution in [0.25, 0.3) is 0 Å². The Bertz CT molecular complexity index is 466.